The quantitative estimate of drug-likeness (QED) is 0.486. The molecule has 4 rings (SSSR count). The first kappa shape index (κ1) is 18.4. The summed E-state index contributed by atoms with van der Waals surface area (Å²) in [5, 5.41) is 10.4. The highest BCUT2D eigenvalue weighted by Gasteiger charge is 2.35. The molecule has 4 aromatic rings. The summed E-state index contributed by atoms with van der Waals surface area (Å²) in [7, 11) is 0. The van der Waals surface area contributed by atoms with Gasteiger partial charge in [-0.25, -0.2) is 9.67 Å². The number of benzene rings is 1. The average Bonchev–Trinajstić information content (AvgIpc) is 3.41. The van der Waals surface area contributed by atoms with Gasteiger partial charge in [0.15, 0.2) is 10.8 Å². The van der Waals surface area contributed by atoms with Crippen molar-refractivity contribution in [2.24, 2.45) is 0 Å². The van der Waals surface area contributed by atoms with Crippen molar-refractivity contribution >= 4 is 33.7 Å². The maximum Gasteiger partial charge on any atom is 0.435 e. The molecule has 0 atom stereocenters. The molecular weight excluding hydrogens is 409 g/mol. The van der Waals surface area contributed by atoms with Gasteiger partial charge in [0.1, 0.15) is 0 Å². The van der Waals surface area contributed by atoms with Crippen molar-refractivity contribution in [1.82, 2.24) is 14.8 Å². The molecule has 0 spiro atoms. The first-order valence-electron chi connectivity index (χ1n) is 7.94. The maximum absolute atomic E-state index is 13.2. The van der Waals surface area contributed by atoms with E-state index in [1.165, 1.54) is 39.5 Å². The lowest BCUT2D eigenvalue weighted by molar-refractivity contribution is -0.141. The molecule has 1 amide bonds. The van der Waals surface area contributed by atoms with Crippen LogP contribution in [0.5, 0.6) is 0 Å². The Labute approximate surface area is 165 Å². The van der Waals surface area contributed by atoms with Gasteiger partial charge in [-0.3, -0.25) is 10.1 Å². The second-order valence-corrected chi connectivity index (χ2v) is 7.48. The van der Waals surface area contributed by atoms with Crippen LogP contribution < -0.4 is 5.32 Å². The highest BCUT2D eigenvalue weighted by Crippen LogP contribution is 2.34. The average molecular weight is 420 g/mol. The number of hydrogen-bond donors (Lipinski definition) is 1. The fourth-order valence-corrected chi connectivity index (χ4v) is 3.78. The molecule has 0 aliphatic heterocycles. The Bertz CT molecular complexity index is 1090. The van der Waals surface area contributed by atoms with Crippen molar-refractivity contribution in [3.8, 4) is 16.3 Å². The zero-order valence-electron chi connectivity index (χ0n) is 14.0. The van der Waals surface area contributed by atoms with E-state index in [4.69, 9.17) is 0 Å². The van der Waals surface area contributed by atoms with Gasteiger partial charge in [0.05, 0.1) is 16.3 Å². The van der Waals surface area contributed by atoms with Gasteiger partial charge in [0, 0.05) is 17.1 Å². The molecule has 1 N–H and O–H groups in total. The number of halogens is 3. The third-order valence-electron chi connectivity index (χ3n) is 3.80. The molecule has 10 heteroatoms. The number of carbonyl (C=O) groups excluding carboxylic acids is 1. The Morgan fingerprint density at radius 2 is 1.86 bits per heavy atom. The number of carbonyl (C=O) groups is 1. The van der Waals surface area contributed by atoms with E-state index in [0.717, 1.165) is 6.07 Å². The van der Waals surface area contributed by atoms with Crippen molar-refractivity contribution in [3.63, 3.8) is 0 Å². The van der Waals surface area contributed by atoms with Crippen LogP contribution in [-0.2, 0) is 6.18 Å². The topological polar surface area (TPSA) is 59.8 Å². The zero-order chi connectivity index (χ0) is 19.7. The number of aromatic nitrogens is 3. The summed E-state index contributed by atoms with van der Waals surface area (Å²) in [4.78, 5) is 16.9. The normalized spacial score (nSPS) is 11.5. The maximum atomic E-state index is 13.2. The minimum atomic E-state index is -4.55. The van der Waals surface area contributed by atoms with Gasteiger partial charge in [-0.15, -0.1) is 22.7 Å². The van der Waals surface area contributed by atoms with E-state index in [0.29, 0.717) is 27.0 Å². The molecule has 0 radical (unpaired) electrons. The number of hydrogen-bond acceptors (Lipinski definition) is 5. The van der Waals surface area contributed by atoms with Gasteiger partial charge in [0.2, 0.25) is 0 Å². The summed E-state index contributed by atoms with van der Waals surface area (Å²) in [6.07, 6.45) is -2.98. The van der Waals surface area contributed by atoms with Gasteiger partial charge in [-0.2, -0.15) is 18.3 Å². The number of nitrogens with one attached hydrogen (secondary N) is 1. The molecule has 0 unspecified atom stereocenters. The van der Waals surface area contributed by atoms with Crippen LogP contribution in [0, 0.1) is 0 Å². The number of alkyl halides is 3. The van der Waals surface area contributed by atoms with E-state index in [-0.39, 0.29) is 5.91 Å². The van der Waals surface area contributed by atoms with Crippen LogP contribution in [0.25, 0.3) is 16.3 Å². The lowest BCUT2D eigenvalue weighted by atomic mass is 10.2. The van der Waals surface area contributed by atoms with Gasteiger partial charge in [-0.1, -0.05) is 6.07 Å². The number of amides is 1. The van der Waals surface area contributed by atoms with E-state index < -0.39 is 11.9 Å². The highest BCUT2D eigenvalue weighted by molar-refractivity contribution is 7.14. The number of thiazole rings is 1. The Balaban J connectivity index is 1.67. The largest absolute Gasteiger partial charge is 0.435 e. The van der Waals surface area contributed by atoms with E-state index in [2.05, 4.69) is 15.4 Å². The smallest absolute Gasteiger partial charge is 0.298 e. The summed E-state index contributed by atoms with van der Waals surface area (Å²) in [5.74, 6) is -0.351. The zero-order valence-corrected chi connectivity index (χ0v) is 15.6. The number of rotatable bonds is 4. The van der Waals surface area contributed by atoms with Gasteiger partial charge >= 0.3 is 6.18 Å². The van der Waals surface area contributed by atoms with Crippen molar-refractivity contribution in [2.45, 2.75) is 6.18 Å². The summed E-state index contributed by atoms with van der Waals surface area (Å²) in [6, 6.07) is 10.7. The molecule has 0 saturated heterocycles. The molecular formula is C18H11F3N4OS2. The molecule has 28 heavy (non-hydrogen) atoms. The molecule has 0 fully saturated rings. The van der Waals surface area contributed by atoms with Crippen LogP contribution in [0.2, 0.25) is 0 Å². The highest BCUT2D eigenvalue weighted by atomic mass is 32.1. The van der Waals surface area contributed by atoms with Gasteiger partial charge in [0.25, 0.3) is 5.91 Å². The monoisotopic (exact) mass is 420 g/mol. The van der Waals surface area contributed by atoms with Gasteiger partial charge < -0.3 is 0 Å². The Morgan fingerprint density at radius 3 is 2.46 bits per heavy atom. The summed E-state index contributed by atoms with van der Waals surface area (Å²) in [5.41, 5.74) is 0.147. The van der Waals surface area contributed by atoms with Crippen molar-refractivity contribution in [1.29, 1.82) is 0 Å². The van der Waals surface area contributed by atoms with E-state index in [9.17, 15) is 18.0 Å². The third kappa shape index (κ3) is 3.69. The predicted molar refractivity (Wildman–Crippen MR) is 102 cm³/mol. The molecule has 3 aromatic heterocycles. The Morgan fingerprint density at radius 1 is 1.07 bits per heavy atom. The first-order valence-corrected chi connectivity index (χ1v) is 9.70. The molecule has 0 aliphatic rings. The molecule has 1 aromatic carbocycles. The third-order valence-corrected chi connectivity index (χ3v) is 5.38. The Kier molecular flexibility index (Phi) is 4.73. The lowest BCUT2D eigenvalue weighted by Crippen LogP contribution is -2.12. The van der Waals surface area contributed by atoms with Crippen LogP contribution in [0.1, 0.15) is 16.1 Å². The minimum Gasteiger partial charge on any atom is -0.298 e. The molecule has 0 bridgehead atoms. The van der Waals surface area contributed by atoms with Crippen LogP contribution in [0.15, 0.2) is 59.4 Å². The summed E-state index contributed by atoms with van der Waals surface area (Å²) >= 11 is 2.61. The number of anilines is 1. The molecule has 0 saturated carbocycles. The van der Waals surface area contributed by atoms with E-state index >= 15 is 0 Å². The van der Waals surface area contributed by atoms with Crippen LogP contribution >= 0.6 is 22.7 Å². The number of nitrogens with zero attached hydrogens (tertiary/aromatic N) is 3. The standard InChI is InChI=1S/C18H11F3N4OS2/c19-18(20,21)15-10-13(14-2-1-8-27-14)25(24-15)12-5-3-11(4-6-12)16(26)23-17-22-7-9-28-17/h1-10H,(H,22,23,26). The van der Waals surface area contributed by atoms with Gasteiger partial charge in [-0.05, 0) is 41.8 Å². The SMILES string of the molecule is O=C(Nc1nccs1)c1ccc(-n2nc(C(F)(F)F)cc2-c2cccs2)cc1. The molecule has 5 nitrogen and oxygen atoms in total. The van der Waals surface area contributed by atoms with Crippen LogP contribution in [0.4, 0.5) is 18.3 Å². The van der Waals surface area contributed by atoms with Crippen molar-refractivity contribution in [3.05, 3.63) is 70.7 Å². The van der Waals surface area contributed by atoms with E-state index in [1.54, 1.807) is 41.2 Å². The second kappa shape index (κ2) is 7.21. The fourth-order valence-electron chi connectivity index (χ4n) is 2.52. The lowest BCUT2D eigenvalue weighted by Gasteiger charge is -2.08. The van der Waals surface area contributed by atoms with Crippen molar-refractivity contribution < 1.29 is 18.0 Å². The fraction of sp³-hybridized carbons (Fsp3) is 0.0556. The van der Waals surface area contributed by atoms with Crippen molar-refractivity contribution in [2.75, 3.05) is 5.32 Å². The summed E-state index contributed by atoms with van der Waals surface area (Å²) in [6.45, 7) is 0. The molecule has 0 aliphatic carbocycles. The predicted octanol–water partition coefficient (Wildman–Crippen LogP) is 5.33. The number of thiophene rings is 1. The second-order valence-electron chi connectivity index (χ2n) is 5.64. The Hall–Kier alpha value is -2.98. The first-order chi connectivity index (χ1) is 13.4. The molecule has 3 heterocycles. The summed E-state index contributed by atoms with van der Waals surface area (Å²) < 4.78 is 40.7. The molecule has 142 valence electrons. The van der Waals surface area contributed by atoms with Crippen LogP contribution in [0.3, 0.4) is 0 Å². The van der Waals surface area contributed by atoms with E-state index in [1.807, 2.05) is 0 Å². The minimum absolute atomic E-state index is 0.335. The van der Waals surface area contributed by atoms with Crippen LogP contribution in [-0.4, -0.2) is 20.7 Å².